The van der Waals surface area contributed by atoms with E-state index < -0.39 is 14.9 Å². The lowest BCUT2D eigenvalue weighted by molar-refractivity contribution is -0.385. The van der Waals surface area contributed by atoms with Crippen molar-refractivity contribution in [3.63, 3.8) is 0 Å². The molecule has 0 aliphatic carbocycles. The summed E-state index contributed by atoms with van der Waals surface area (Å²) < 4.78 is 29.3. The topological polar surface area (TPSA) is 107 Å². The fourth-order valence-electron chi connectivity index (χ4n) is 2.32. The van der Waals surface area contributed by atoms with Crippen LogP contribution in [0.4, 0.5) is 11.5 Å². The number of aromatic nitrogens is 2. The Kier molecular flexibility index (Phi) is 5.94. The molecule has 28 heavy (non-hydrogen) atoms. The third kappa shape index (κ3) is 4.64. The molecule has 12 heteroatoms. The smallest absolute Gasteiger partial charge is 0.265 e. The molecule has 1 N–H and O–H groups in total. The van der Waals surface area contributed by atoms with E-state index in [0.29, 0.717) is 21.1 Å². The number of non-ortho nitro benzene ring substituents is 1. The van der Waals surface area contributed by atoms with E-state index in [9.17, 15) is 18.5 Å². The Bertz CT molecular complexity index is 1170. The first-order chi connectivity index (χ1) is 13.2. The van der Waals surface area contributed by atoms with Gasteiger partial charge in [-0.25, -0.2) is 8.42 Å². The van der Waals surface area contributed by atoms with Gasteiger partial charge < -0.3 is 0 Å². The van der Waals surface area contributed by atoms with Crippen molar-refractivity contribution >= 4 is 60.7 Å². The lowest BCUT2D eigenvalue weighted by Gasteiger charge is -2.06. The zero-order chi connectivity index (χ0) is 20.5. The lowest BCUT2D eigenvalue weighted by Crippen LogP contribution is -2.14. The fraction of sp³-hybridized carbons (Fsp3) is 0.0625. The standard InChI is InChI=1S/C16H11BrCl2N4O4S/c17-13-9-22(8-10-4-5-14(18)15(19)6-10)20-16(13)21-28(26,27)12-3-1-2-11(7-12)23(24)25/h1-7,9H,8H2,(H,20,21). The van der Waals surface area contributed by atoms with Gasteiger partial charge in [-0.2, -0.15) is 5.10 Å². The van der Waals surface area contributed by atoms with Crippen LogP contribution in [0.3, 0.4) is 0 Å². The Labute approximate surface area is 178 Å². The van der Waals surface area contributed by atoms with Crippen LogP contribution in [0.25, 0.3) is 0 Å². The number of nitrogens with zero attached hydrogens (tertiary/aromatic N) is 3. The SMILES string of the molecule is O=[N+]([O-])c1cccc(S(=O)(=O)Nc2nn(Cc3ccc(Cl)c(Cl)c3)cc2Br)c1. The Hall–Kier alpha value is -2.14. The molecule has 0 saturated carbocycles. The summed E-state index contributed by atoms with van der Waals surface area (Å²) in [6, 6.07) is 9.86. The van der Waals surface area contributed by atoms with Crippen molar-refractivity contribution in [2.45, 2.75) is 11.4 Å². The largest absolute Gasteiger partial charge is 0.270 e. The van der Waals surface area contributed by atoms with Gasteiger partial charge in [0.25, 0.3) is 15.7 Å². The van der Waals surface area contributed by atoms with Gasteiger partial charge >= 0.3 is 0 Å². The molecule has 0 amide bonds. The minimum absolute atomic E-state index is 0.0477. The summed E-state index contributed by atoms with van der Waals surface area (Å²) in [6.07, 6.45) is 1.59. The van der Waals surface area contributed by atoms with Crippen LogP contribution in [-0.2, 0) is 16.6 Å². The molecule has 146 valence electrons. The molecule has 2 aromatic carbocycles. The molecular weight excluding hydrogens is 495 g/mol. The molecule has 8 nitrogen and oxygen atoms in total. The van der Waals surface area contributed by atoms with E-state index in [4.69, 9.17) is 23.2 Å². The Morgan fingerprint density at radius 1 is 1.18 bits per heavy atom. The van der Waals surface area contributed by atoms with Gasteiger partial charge in [0, 0.05) is 18.3 Å². The highest BCUT2D eigenvalue weighted by atomic mass is 79.9. The molecule has 0 spiro atoms. The molecule has 0 fully saturated rings. The van der Waals surface area contributed by atoms with Gasteiger partial charge in [-0.05, 0) is 39.7 Å². The number of benzene rings is 2. The zero-order valence-corrected chi connectivity index (χ0v) is 17.8. The normalized spacial score (nSPS) is 11.4. The van der Waals surface area contributed by atoms with E-state index >= 15 is 0 Å². The molecule has 3 rings (SSSR count). The van der Waals surface area contributed by atoms with Gasteiger partial charge in [0.1, 0.15) is 0 Å². The highest BCUT2D eigenvalue weighted by Gasteiger charge is 2.20. The highest BCUT2D eigenvalue weighted by molar-refractivity contribution is 9.10. The van der Waals surface area contributed by atoms with Crippen molar-refractivity contribution in [3.05, 3.63) is 78.9 Å². The monoisotopic (exact) mass is 504 g/mol. The maximum Gasteiger partial charge on any atom is 0.270 e. The van der Waals surface area contributed by atoms with Crippen LogP contribution >= 0.6 is 39.1 Å². The van der Waals surface area contributed by atoms with Gasteiger partial charge in [0.05, 0.1) is 30.9 Å². The Balaban J connectivity index is 1.83. The summed E-state index contributed by atoms with van der Waals surface area (Å²) in [5.41, 5.74) is 0.490. The van der Waals surface area contributed by atoms with Crippen molar-refractivity contribution in [3.8, 4) is 0 Å². The van der Waals surface area contributed by atoms with E-state index in [2.05, 4.69) is 25.8 Å². The molecule has 1 aromatic heterocycles. The lowest BCUT2D eigenvalue weighted by atomic mass is 10.2. The quantitative estimate of drug-likeness (QED) is 0.385. The van der Waals surface area contributed by atoms with Crippen molar-refractivity contribution < 1.29 is 13.3 Å². The summed E-state index contributed by atoms with van der Waals surface area (Å²) in [5, 5.41) is 15.9. The maximum atomic E-state index is 12.5. The minimum atomic E-state index is -4.06. The average molecular weight is 506 g/mol. The summed E-state index contributed by atoms with van der Waals surface area (Å²) in [7, 11) is -4.06. The van der Waals surface area contributed by atoms with Gasteiger partial charge in [-0.15, -0.1) is 0 Å². The number of hydrogen-bond donors (Lipinski definition) is 1. The number of anilines is 1. The first-order valence-corrected chi connectivity index (χ1v) is 10.6. The molecule has 0 radical (unpaired) electrons. The number of rotatable bonds is 6. The van der Waals surface area contributed by atoms with Gasteiger partial charge in [-0.3, -0.25) is 19.5 Å². The number of sulfonamides is 1. The fourth-order valence-corrected chi connectivity index (χ4v) is 4.25. The van der Waals surface area contributed by atoms with Crippen LogP contribution in [0.2, 0.25) is 10.0 Å². The maximum absolute atomic E-state index is 12.5. The van der Waals surface area contributed by atoms with Crippen LogP contribution in [0.15, 0.2) is 58.0 Å². The molecule has 3 aromatic rings. The first kappa shape index (κ1) is 20.6. The number of hydrogen-bond acceptors (Lipinski definition) is 5. The third-order valence-corrected chi connectivity index (χ3v) is 6.27. The molecule has 0 bridgehead atoms. The minimum Gasteiger partial charge on any atom is -0.265 e. The van der Waals surface area contributed by atoms with Crippen molar-refractivity contribution in [2.75, 3.05) is 4.72 Å². The van der Waals surface area contributed by atoms with Gasteiger partial charge in [-0.1, -0.05) is 35.3 Å². The summed E-state index contributed by atoms with van der Waals surface area (Å²) in [6.45, 7) is 0.327. The van der Waals surface area contributed by atoms with E-state index in [1.165, 1.54) is 22.9 Å². The number of halogens is 3. The average Bonchev–Trinajstić information content (AvgIpc) is 2.96. The van der Waals surface area contributed by atoms with Crippen molar-refractivity contribution in [2.24, 2.45) is 0 Å². The second kappa shape index (κ2) is 8.08. The second-order valence-corrected chi connectivity index (χ2v) is 8.98. The Morgan fingerprint density at radius 2 is 1.93 bits per heavy atom. The summed E-state index contributed by atoms with van der Waals surface area (Å²) in [4.78, 5) is 9.96. The predicted molar refractivity (Wildman–Crippen MR) is 109 cm³/mol. The number of nitro benzene ring substituents is 1. The van der Waals surface area contributed by atoms with Gasteiger partial charge in [0.15, 0.2) is 5.82 Å². The van der Waals surface area contributed by atoms with Crippen LogP contribution in [0.1, 0.15) is 5.56 Å². The molecule has 0 atom stereocenters. The molecule has 0 aliphatic rings. The number of nitro groups is 1. The molecular formula is C16H11BrCl2N4O4S. The Morgan fingerprint density at radius 3 is 2.61 bits per heavy atom. The van der Waals surface area contributed by atoms with Crippen LogP contribution in [0.5, 0.6) is 0 Å². The predicted octanol–water partition coefficient (Wildman–Crippen LogP) is 4.71. The first-order valence-electron chi connectivity index (χ1n) is 7.60. The van der Waals surface area contributed by atoms with Crippen molar-refractivity contribution in [1.29, 1.82) is 0 Å². The third-order valence-electron chi connectivity index (χ3n) is 3.62. The van der Waals surface area contributed by atoms with E-state index in [1.807, 2.05) is 0 Å². The number of nitrogens with one attached hydrogen (secondary N) is 1. The molecule has 0 unspecified atom stereocenters. The molecule has 0 saturated heterocycles. The summed E-state index contributed by atoms with van der Waals surface area (Å²) in [5.74, 6) is 0.0477. The van der Waals surface area contributed by atoms with Crippen LogP contribution in [-0.4, -0.2) is 23.1 Å². The van der Waals surface area contributed by atoms with Crippen molar-refractivity contribution in [1.82, 2.24) is 9.78 Å². The zero-order valence-electron chi connectivity index (χ0n) is 13.8. The van der Waals surface area contributed by atoms with E-state index in [-0.39, 0.29) is 16.4 Å². The molecule has 1 heterocycles. The van der Waals surface area contributed by atoms with E-state index in [1.54, 1.807) is 24.4 Å². The van der Waals surface area contributed by atoms with Crippen LogP contribution < -0.4 is 4.72 Å². The highest BCUT2D eigenvalue weighted by Crippen LogP contribution is 2.26. The second-order valence-electron chi connectivity index (χ2n) is 5.63. The summed E-state index contributed by atoms with van der Waals surface area (Å²) >= 11 is 15.1. The van der Waals surface area contributed by atoms with E-state index in [0.717, 1.165) is 11.6 Å². The van der Waals surface area contributed by atoms with Crippen LogP contribution in [0, 0.1) is 10.1 Å². The van der Waals surface area contributed by atoms with Gasteiger partial charge in [0.2, 0.25) is 0 Å². The molecule has 0 aliphatic heterocycles.